The van der Waals surface area contributed by atoms with Crippen molar-refractivity contribution in [2.24, 2.45) is 5.92 Å². The fourth-order valence-electron chi connectivity index (χ4n) is 7.46. The second kappa shape index (κ2) is 12.1. The Hall–Kier alpha value is -4.15. The van der Waals surface area contributed by atoms with Crippen LogP contribution in [0.2, 0.25) is 0 Å². The number of aryl methyl sites for hydroxylation is 3. The summed E-state index contributed by atoms with van der Waals surface area (Å²) in [4.78, 5) is 60.3. The number of amides is 3. The quantitative estimate of drug-likeness (QED) is 0.391. The van der Waals surface area contributed by atoms with Crippen molar-refractivity contribution >= 4 is 34.8 Å². The summed E-state index contributed by atoms with van der Waals surface area (Å²) < 4.78 is 12.3. The number of carboxylic acid groups (broad SMARTS) is 1. The largest absolute Gasteiger partial charge is 0.483 e. The minimum absolute atomic E-state index is 0.116. The lowest BCUT2D eigenvalue weighted by Gasteiger charge is -2.37. The number of alkyl carbamates (subject to hydrolysis) is 1. The Morgan fingerprint density at radius 2 is 1.94 bits per heavy atom. The van der Waals surface area contributed by atoms with E-state index in [1.54, 1.807) is 20.8 Å². The molecule has 11 nitrogen and oxygen atoms in total. The zero-order chi connectivity index (χ0) is 33.7. The number of carbonyl (C=O) groups excluding carboxylic acids is 3. The van der Waals surface area contributed by atoms with Gasteiger partial charge in [-0.2, -0.15) is 0 Å². The Balaban J connectivity index is 1.35. The molecule has 6 rings (SSSR count). The van der Waals surface area contributed by atoms with Crippen molar-refractivity contribution in [3.8, 4) is 5.75 Å². The van der Waals surface area contributed by atoms with E-state index in [4.69, 9.17) is 14.5 Å². The maximum atomic E-state index is 14.4. The van der Waals surface area contributed by atoms with Gasteiger partial charge in [0.1, 0.15) is 34.6 Å². The van der Waals surface area contributed by atoms with Crippen LogP contribution in [0.25, 0.3) is 10.9 Å². The summed E-state index contributed by atoms with van der Waals surface area (Å²) >= 11 is 0. The van der Waals surface area contributed by atoms with Gasteiger partial charge in [-0.3, -0.25) is 9.59 Å². The number of carbonyl (C=O) groups is 4. The molecule has 1 saturated heterocycles. The third-order valence-corrected chi connectivity index (χ3v) is 9.97. The summed E-state index contributed by atoms with van der Waals surface area (Å²) in [6, 6.07) is 4.23. The molecule has 5 atom stereocenters. The van der Waals surface area contributed by atoms with Crippen LogP contribution in [-0.4, -0.2) is 74.2 Å². The number of aliphatic carboxylic acids is 1. The van der Waals surface area contributed by atoms with Gasteiger partial charge in [-0.25, -0.2) is 14.6 Å². The molecule has 1 aromatic carbocycles. The number of fused-ring (bicyclic) bond motifs is 5. The number of rotatable bonds is 2. The number of nitrogens with one attached hydrogen (secondary N) is 2. The summed E-state index contributed by atoms with van der Waals surface area (Å²) in [5, 5.41) is 16.8. The Morgan fingerprint density at radius 1 is 1.15 bits per heavy atom. The average Bonchev–Trinajstić information content (AvgIpc) is 3.57. The number of aromatic nitrogens is 1. The molecule has 4 heterocycles. The Labute approximate surface area is 275 Å². The molecule has 4 aliphatic rings. The number of allylic oxidation sites excluding steroid dienone is 1. The van der Waals surface area contributed by atoms with E-state index in [9.17, 15) is 24.3 Å². The van der Waals surface area contributed by atoms with Gasteiger partial charge in [0.15, 0.2) is 0 Å². The second-order valence-electron chi connectivity index (χ2n) is 14.8. The fraction of sp³-hybridized carbons (Fsp3) is 0.583. The molecule has 5 unspecified atom stereocenters. The van der Waals surface area contributed by atoms with Crippen molar-refractivity contribution in [3.63, 3.8) is 0 Å². The van der Waals surface area contributed by atoms with Gasteiger partial charge in [-0.15, -0.1) is 0 Å². The van der Waals surface area contributed by atoms with Crippen LogP contribution in [0.15, 0.2) is 30.4 Å². The number of hydrogen-bond acceptors (Lipinski definition) is 7. The number of pyridine rings is 1. The highest BCUT2D eigenvalue weighted by Crippen LogP contribution is 2.47. The van der Waals surface area contributed by atoms with E-state index < -0.39 is 52.7 Å². The number of benzene rings is 1. The molecule has 1 aliphatic carbocycles. The van der Waals surface area contributed by atoms with Crippen LogP contribution in [0.4, 0.5) is 4.79 Å². The number of carboxylic acids is 1. The van der Waals surface area contributed by atoms with Crippen LogP contribution in [0.3, 0.4) is 0 Å². The number of ether oxygens (including phenoxy) is 2. The van der Waals surface area contributed by atoms with Crippen molar-refractivity contribution in [2.75, 3.05) is 6.54 Å². The highest BCUT2D eigenvalue weighted by atomic mass is 16.6. The topological polar surface area (TPSA) is 147 Å². The maximum absolute atomic E-state index is 14.4. The molecule has 2 fully saturated rings. The molecule has 1 aromatic heterocycles. The minimum Gasteiger partial charge on any atom is -0.483 e. The van der Waals surface area contributed by atoms with Gasteiger partial charge in [-0.05, 0) is 85.3 Å². The first-order valence-electron chi connectivity index (χ1n) is 16.8. The molecular weight excluding hydrogens is 600 g/mol. The van der Waals surface area contributed by atoms with Crippen LogP contribution in [0.5, 0.6) is 5.75 Å². The van der Waals surface area contributed by atoms with E-state index in [2.05, 4.69) is 16.7 Å². The summed E-state index contributed by atoms with van der Waals surface area (Å²) in [6.07, 6.45) is 8.36. The van der Waals surface area contributed by atoms with Gasteiger partial charge < -0.3 is 30.1 Å². The van der Waals surface area contributed by atoms with Crippen molar-refractivity contribution in [2.45, 2.75) is 121 Å². The molecule has 47 heavy (non-hydrogen) atoms. The van der Waals surface area contributed by atoms with E-state index in [1.807, 2.05) is 38.1 Å². The van der Waals surface area contributed by atoms with Gasteiger partial charge in [0.05, 0.1) is 17.8 Å². The zero-order valence-corrected chi connectivity index (χ0v) is 28.0. The average molecular weight is 647 g/mol. The van der Waals surface area contributed by atoms with E-state index in [1.165, 1.54) is 4.90 Å². The second-order valence-corrected chi connectivity index (χ2v) is 14.8. The van der Waals surface area contributed by atoms with Gasteiger partial charge in [0, 0.05) is 23.3 Å². The lowest BCUT2D eigenvalue weighted by molar-refractivity contribution is -0.145. The zero-order valence-electron chi connectivity index (χ0n) is 28.0. The van der Waals surface area contributed by atoms with Crippen LogP contribution < -0.4 is 15.4 Å². The molecule has 3 amide bonds. The number of nitrogens with zero attached hydrogens (tertiary/aromatic N) is 2. The molecule has 1 spiro atoms. The molecular formula is C36H46N4O7. The first-order valence-corrected chi connectivity index (χ1v) is 16.8. The lowest BCUT2D eigenvalue weighted by Crippen LogP contribution is -2.56. The van der Waals surface area contributed by atoms with Gasteiger partial charge in [-0.1, -0.05) is 36.6 Å². The Morgan fingerprint density at radius 3 is 2.68 bits per heavy atom. The predicted octanol–water partition coefficient (Wildman–Crippen LogP) is 4.89. The van der Waals surface area contributed by atoms with Crippen molar-refractivity contribution in [3.05, 3.63) is 47.2 Å². The van der Waals surface area contributed by atoms with Crippen molar-refractivity contribution in [1.82, 2.24) is 20.5 Å². The van der Waals surface area contributed by atoms with E-state index in [-0.39, 0.29) is 18.9 Å². The Bertz CT molecular complexity index is 1650. The molecule has 3 N–H and O–H groups in total. The van der Waals surface area contributed by atoms with Gasteiger partial charge in [0.2, 0.25) is 11.8 Å². The monoisotopic (exact) mass is 646 g/mol. The first kappa shape index (κ1) is 32.8. The fourth-order valence-corrected chi connectivity index (χ4v) is 7.46. The van der Waals surface area contributed by atoms with Gasteiger partial charge >= 0.3 is 12.1 Å². The third kappa shape index (κ3) is 6.53. The predicted molar refractivity (Wildman–Crippen MR) is 175 cm³/mol. The van der Waals surface area contributed by atoms with Crippen LogP contribution in [0.1, 0.15) is 89.0 Å². The smallest absolute Gasteiger partial charge is 0.408 e. The normalized spacial score (nSPS) is 29.5. The van der Waals surface area contributed by atoms with E-state index in [0.29, 0.717) is 37.9 Å². The Kier molecular flexibility index (Phi) is 8.47. The summed E-state index contributed by atoms with van der Waals surface area (Å²) in [5.74, 6) is -1.68. The molecule has 0 radical (unpaired) electrons. The molecule has 0 bridgehead atoms. The minimum atomic E-state index is -1.41. The molecule has 2 aromatic rings. The first-order chi connectivity index (χ1) is 22.2. The van der Waals surface area contributed by atoms with Crippen molar-refractivity contribution < 1.29 is 33.8 Å². The molecule has 1 saturated carbocycles. The summed E-state index contributed by atoms with van der Waals surface area (Å²) in [6.45, 7) is 9.32. The van der Waals surface area contributed by atoms with Crippen LogP contribution in [-0.2, 0) is 25.5 Å². The van der Waals surface area contributed by atoms with E-state index >= 15 is 0 Å². The standard InChI is InChI=1S/C36H46N4O7/c1-21-13-14-26-25(17-21)24-15-16-35(46-29(24)22(2)37-26)19-28-30(41)39-36(32(43)44)18-23(36)11-9-7-6-8-10-12-27(31(42)40(28)20-35)38-33(45)47-34(3,4)5/h9,11,13-14,17,23,27-28H,6-8,10,12,15-16,18-20H2,1-5H3,(H,38,45)(H,39,41)(H,43,44). The number of hydrogen-bond donors (Lipinski definition) is 3. The van der Waals surface area contributed by atoms with Crippen molar-refractivity contribution in [1.29, 1.82) is 0 Å². The lowest BCUT2D eigenvalue weighted by atomic mass is 9.87. The SMILES string of the molecule is Cc1ccc2nc(C)c3c(c2c1)CCC1(CC2C(=O)NC4(C(=O)O)CC4C=CCCCCCC(NC(=O)OC(C)(C)C)C(=O)N2C1)O3. The highest BCUT2D eigenvalue weighted by molar-refractivity contribution is 5.96. The maximum Gasteiger partial charge on any atom is 0.408 e. The van der Waals surface area contributed by atoms with Crippen LogP contribution >= 0.6 is 0 Å². The molecule has 252 valence electrons. The van der Waals surface area contributed by atoms with Crippen LogP contribution in [0, 0.1) is 19.8 Å². The third-order valence-electron chi connectivity index (χ3n) is 9.97. The molecule has 11 heteroatoms. The molecule has 3 aliphatic heterocycles. The summed E-state index contributed by atoms with van der Waals surface area (Å²) in [7, 11) is 0. The van der Waals surface area contributed by atoms with E-state index in [0.717, 1.165) is 47.0 Å². The highest BCUT2D eigenvalue weighted by Gasteiger charge is 2.62. The van der Waals surface area contributed by atoms with Gasteiger partial charge in [0.25, 0.3) is 0 Å². The summed E-state index contributed by atoms with van der Waals surface area (Å²) in [5.41, 5.74) is 0.733.